The lowest BCUT2D eigenvalue weighted by molar-refractivity contribution is 1.29. The van der Waals surface area contributed by atoms with Gasteiger partial charge in [-0.3, -0.25) is 0 Å². The molecular weight excluding hydrogens is 711 g/mol. The van der Waals surface area contributed by atoms with E-state index in [2.05, 4.69) is 241 Å². The summed E-state index contributed by atoms with van der Waals surface area (Å²) in [6.07, 6.45) is 0. The molecule has 11 aromatic carbocycles. The van der Waals surface area contributed by atoms with Crippen LogP contribution >= 0.6 is 0 Å². The number of nitrogens with zero attached hydrogens (tertiary/aromatic N) is 1. The zero-order valence-corrected chi connectivity index (χ0v) is 32.5. The van der Waals surface area contributed by atoms with Crippen LogP contribution in [0.5, 0.6) is 0 Å². The van der Waals surface area contributed by atoms with Gasteiger partial charge in [0.05, 0.1) is 5.69 Å². The molecule has 0 aliphatic heterocycles. The quantitative estimate of drug-likeness (QED) is 0.147. The van der Waals surface area contributed by atoms with Gasteiger partial charge < -0.3 is 4.90 Å². The number of hydrogen-bond acceptors (Lipinski definition) is 1. The summed E-state index contributed by atoms with van der Waals surface area (Å²) in [6.45, 7) is 0. The molecule has 0 unspecified atom stereocenters. The number of para-hydroxylation sites is 1. The number of fused-ring (bicyclic) bond motifs is 5. The van der Waals surface area contributed by atoms with Crippen LogP contribution in [-0.4, -0.2) is 0 Å². The Morgan fingerprint density at radius 1 is 0.237 bits per heavy atom. The van der Waals surface area contributed by atoms with Gasteiger partial charge in [-0.15, -0.1) is 0 Å². The van der Waals surface area contributed by atoms with Crippen LogP contribution in [0.25, 0.3) is 87.6 Å². The fraction of sp³-hybridized carbons (Fsp3) is 0. The maximum Gasteiger partial charge on any atom is 0.0540 e. The van der Waals surface area contributed by atoms with E-state index in [1.54, 1.807) is 0 Å². The monoisotopic (exact) mass is 749 g/mol. The van der Waals surface area contributed by atoms with Crippen molar-refractivity contribution in [2.45, 2.75) is 0 Å². The van der Waals surface area contributed by atoms with Gasteiger partial charge in [0, 0.05) is 16.9 Å². The molecule has 11 aromatic rings. The minimum absolute atomic E-state index is 1.10. The van der Waals surface area contributed by atoms with Crippen molar-refractivity contribution in [3.8, 4) is 44.5 Å². The zero-order chi connectivity index (χ0) is 39.1. The normalized spacial score (nSPS) is 11.4. The first-order valence-corrected chi connectivity index (χ1v) is 20.3. The number of benzene rings is 11. The predicted molar refractivity (Wildman–Crippen MR) is 253 cm³/mol. The Morgan fingerprint density at radius 3 is 1.56 bits per heavy atom. The second-order valence-corrected chi connectivity index (χ2v) is 15.2. The van der Waals surface area contributed by atoms with E-state index in [9.17, 15) is 0 Å². The molecule has 0 N–H and O–H groups in total. The minimum Gasteiger partial charge on any atom is -0.310 e. The summed E-state index contributed by atoms with van der Waals surface area (Å²) < 4.78 is 0. The van der Waals surface area contributed by atoms with E-state index in [4.69, 9.17) is 0 Å². The maximum absolute atomic E-state index is 2.44. The van der Waals surface area contributed by atoms with Crippen molar-refractivity contribution in [1.29, 1.82) is 0 Å². The van der Waals surface area contributed by atoms with E-state index in [0.29, 0.717) is 0 Å². The fourth-order valence-corrected chi connectivity index (χ4v) is 9.11. The van der Waals surface area contributed by atoms with Crippen LogP contribution in [0.3, 0.4) is 0 Å². The van der Waals surface area contributed by atoms with E-state index >= 15 is 0 Å². The van der Waals surface area contributed by atoms with Gasteiger partial charge in [-0.1, -0.05) is 200 Å². The Labute approximate surface area is 344 Å². The summed E-state index contributed by atoms with van der Waals surface area (Å²) >= 11 is 0. The Kier molecular flexibility index (Phi) is 8.56. The molecule has 1 nitrogen and oxygen atoms in total. The van der Waals surface area contributed by atoms with Crippen LogP contribution in [0.4, 0.5) is 17.1 Å². The molecule has 1 heteroatoms. The molecule has 0 aliphatic carbocycles. The third kappa shape index (κ3) is 6.12. The topological polar surface area (TPSA) is 3.24 Å². The Hall–Kier alpha value is -7.74. The molecule has 0 saturated carbocycles. The average molecular weight is 750 g/mol. The van der Waals surface area contributed by atoms with Crippen LogP contribution < -0.4 is 4.90 Å². The molecule has 59 heavy (non-hydrogen) atoms. The molecule has 0 spiro atoms. The first-order valence-electron chi connectivity index (χ1n) is 20.3. The van der Waals surface area contributed by atoms with E-state index in [1.165, 1.54) is 76.5 Å². The lowest BCUT2D eigenvalue weighted by Gasteiger charge is -2.29. The molecule has 11 rings (SSSR count). The minimum atomic E-state index is 1.10. The van der Waals surface area contributed by atoms with Gasteiger partial charge in [-0.05, 0) is 118 Å². The Bertz CT molecular complexity index is 3320. The van der Waals surface area contributed by atoms with Crippen LogP contribution in [-0.2, 0) is 0 Å². The average Bonchev–Trinajstić information content (AvgIpc) is 3.31. The predicted octanol–water partition coefficient (Wildman–Crippen LogP) is 16.4. The van der Waals surface area contributed by atoms with Crippen LogP contribution in [0.2, 0.25) is 0 Å². The standard InChI is InChI=1S/C58H39N/c1-3-19-42(20-4-1)57-54-30-12-11-29-52(54)53-36-34-46(39-55(53)58(57)43-21-5-2-6-22-43)51-28-13-14-32-56(51)59(48-35-33-40-17-7-8-23-44(40)37-48)47-26-15-25-45(38-47)50-31-16-24-41-18-9-10-27-49(41)50/h1-39H. The summed E-state index contributed by atoms with van der Waals surface area (Å²) in [5, 5.41) is 9.90. The van der Waals surface area contributed by atoms with Gasteiger partial charge in [0.1, 0.15) is 0 Å². The van der Waals surface area contributed by atoms with Gasteiger partial charge in [0.2, 0.25) is 0 Å². The summed E-state index contributed by atoms with van der Waals surface area (Å²) in [5.41, 5.74) is 13.0. The maximum atomic E-state index is 2.44. The Morgan fingerprint density at radius 2 is 0.763 bits per heavy atom. The zero-order valence-electron chi connectivity index (χ0n) is 32.5. The highest BCUT2D eigenvalue weighted by Gasteiger charge is 2.21. The highest BCUT2D eigenvalue weighted by Crippen LogP contribution is 2.48. The largest absolute Gasteiger partial charge is 0.310 e. The SMILES string of the molecule is c1ccc(-c2c(-c3ccccc3)c3cc(-c4ccccc4N(c4cccc(-c5cccc6ccccc56)c4)c4ccc5ccccc5c4)ccc3c3ccccc23)cc1. The van der Waals surface area contributed by atoms with Crippen LogP contribution in [0.15, 0.2) is 237 Å². The smallest absolute Gasteiger partial charge is 0.0540 e. The molecule has 276 valence electrons. The second kappa shape index (κ2) is 14.6. The van der Waals surface area contributed by atoms with Crippen LogP contribution in [0, 0.1) is 0 Å². The van der Waals surface area contributed by atoms with E-state index in [0.717, 1.165) is 28.2 Å². The summed E-state index contributed by atoms with van der Waals surface area (Å²) in [5.74, 6) is 0. The van der Waals surface area contributed by atoms with Crippen LogP contribution in [0.1, 0.15) is 0 Å². The Balaban J connectivity index is 1.17. The van der Waals surface area contributed by atoms with E-state index < -0.39 is 0 Å². The first-order chi connectivity index (χ1) is 29.3. The van der Waals surface area contributed by atoms with Crippen molar-refractivity contribution in [2.24, 2.45) is 0 Å². The van der Waals surface area contributed by atoms with Crippen molar-refractivity contribution in [2.75, 3.05) is 4.90 Å². The van der Waals surface area contributed by atoms with Crippen molar-refractivity contribution in [1.82, 2.24) is 0 Å². The van der Waals surface area contributed by atoms with E-state index in [-0.39, 0.29) is 0 Å². The molecule has 0 aliphatic rings. The highest BCUT2D eigenvalue weighted by atomic mass is 15.1. The molecule has 0 saturated heterocycles. The first kappa shape index (κ1) is 34.5. The van der Waals surface area contributed by atoms with Gasteiger partial charge in [-0.25, -0.2) is 0 Å². The van der Waals surface area contributed by atoms with Gasteiger partial charge in [0.25, 0.3) is 0 Å². The van der Waals surface area contributed by atoms with Crippen molar-refractivity contribution < 1.29 is 0 Å². The van der Waals surface area contributed by atoms with E-state index in [1.807, 2.05) is 0 Å². The lowest BCUT2D eigenvalue weighted by Crippen LogP contribution is -2.11. The number of anilines is 3. The second-order valence-electron chi connectivity index (χ2n) is 15.2. The van der Waals surface area contributed by atoms with Gasteiger partial charge in [0.15, 0.2) is 0 Å². The van der Waals surface area contributed by atoms with Crippen molar-refractivity contribution >= 4 is 60.2 Å². The fourth-order valence-electron chi connectivity index (χ4n) is 9.11. The molecule has 0 fully saturated rings. The summed E-state index contributed by atoms with van der Waals surface area (Å²) in [4.78, 5) is 2.44. The molecule has 0 heterocycles. The molecule has 0 amide bonds. The van der Waals surface area contributed by atoms with Crippen molar-refractivity contribution in [3.05, 3.63) is 237 Å². The lowest BCUT2D eigenvalue weighted by atomic mass is 9.84. The number of rotatable bonds is 7. The third-order valence-corrected chi connectivity index (χ3v) is 11.8. The molecular formula is C58H39N. The summed E-state index contributed by atoms with van der Waals surface area (Å²) in [7, 11) is 0. The third-order valence-electron chi connectivity index (χ3n) is 11.8. The molecule has 0 radical (unpaired) electrons. The van der Waals surface area contributed by atoms with Gasteiger partial charge in [-0.2, -0.15) is 0 Å². The number of hydrogen-bond donors (Lipinski definition) is 0. The van der Waals surface area contributed by atoms with Gasteiger partial charge >= 0.3 is 0 Å². The summed E-state index contributed by atoms with van der Waals surface area (Å²) in [6, 6.07) is 86.4. The van der Waals surface area contributed by atoms with Crippen molar-refractivity contribution in [3.63, 3.8) is 0 Å². The molecule has 0 atom stereocenters. The molecule has 0 aromatic heterocycles. The molecule has 0 bridgehead atoms. The highest BCUT2D eigenvalue weighted by molar-refractivity contribution is 6.22.